The lowest BCUT2D eigenvalue weighted by Gasteiger charge is -2.30. The first-order valence-electron chi connectivity index (χ1n) is 10.2. The van der Waals surface area contributed by atoms with Gasteiger partial charge in [-0.1, -0.05) is 23.7 Å². The Bertz CT molecular complexity index is 1130. The molecule has 0 unspecified atom stereocenters. The molecule has 6 nitrogen and oxygen atoms in total. The summed E-state index contributed by atoms with van der Waals surface area (Å²) in [6, 6.07) is 9.03. The van der Waals surface area contributed by atoms with Crippen LogP contribution in [0.25, 0.3) is 6.08 Å². The summed E-state index contributed by atoms with van der Waals surface area (Å²) in [5.74, 6) is -0.225. The molecule has 2 aromatic carbocycles. The average molecular weight is 473 g/mol. The van der Waals surface area contributed by atoms with Gasteiger partial charge in [0.1, 0.15) is 5.57 Å². The van der Waals surface area contributed by atoms with E-state index in [1.165, 1.54) is 11.0 Å². The number of rotatable bonds is 6. The Balaban J connectivity index is 2.07. The summed E-state index contributed by atoms with van der Waals surface area (Å²) in [5, 5.41) is 2.97. The van der Waals surface area contributed by atoms with Crippen molar-refractivity contribution < 1.29 is 19.1 Å². The predicted molar refractivity (Wildman–Crippen MR) is 131 cm³/mol. The largest absolute Gasteiger partial charge is 0.490 e. The van der Waals surface area contributed by atoms with Crippen LogP contribution in [-0.4, -0.2) is 29.6 Å². The van der Waals surface area contributed by atoms with Gasteiger partial charge in [0.05, 0.1) is 23.4 Å². The van der Waals surface area contributed by atoms with Crippen LogP contribution >= 0.6 is 23.8 Å². The number of nitrogens with one attached hydrogen (secondary N) is 1. The van der Waals surface area contributed by atoms with Crippen LogP contribution in [0.2, 0.25) is 5.02 Å². The number of anilines is 1. The van der Waals surface area contributed by atoms with Gasteiger partial charge >= 0.3 is 0 Å². The summed E-state index contributed by atoms with van der Waals surface area (Å²) < 4.78 is 11.5. The highest BCUT2D eigenvalue weighted by Crippen LogP contribution is 2.38. The van der Waals surface area contributed by atoms with Crippen molar-refractivity contribution in [3.63, 3.8) is 0 Å². The van der Waals surface area contributed by atoms with Gasteiger partial charge in [-0.05, 0) is 87.8 Å². The van der Waals surface area contributed by atoms with Crippen LogP contribution < -0.4 is 19.7 Å². The van der Waals surface area contributed by atoms with E-state index in [0.717, 1.165) is 11.1 Å². The third-order valence-electron chi connectivity index (χ3n) is 4.70. The molecule has 168 valence electrons. The minimum atomic E-state index is -0.571. The topological polar surface area (TPSA) is 67.9 Å². The molecule has 0 aromatic heterocycles. The van der Waals surface area contributed by atoms with E-state index in [1.54, 1.807) is 12.1 Å². The van der Waals surface area contributed by atoms with Crippen LogP contribution in [0.1, 0.15) is 37.5 Å². The van der Waals surface area contributed by atoms with E-state index in [0.29, 0.717) is 34.4 Å². The van der Waals surface area contributed by atoms with Crippen molar-refractivity contribution in [2.24, 2.45) is 0 Å². The molecule has 32 heavy (non-hydrogen) atoms. The van der Waals surface area contributed by atoms with E-state index in [-0.39, 0.29) is 16.8 Å². The highest BCUT2D eigenvalue weighted by molar-refractivity contribution is 7.80. The summed E-state index contributed by atoms with van der Waals surface area (Å²) in [6.45, 7) is 9.83. The van der Waals surface area contributed by atoms with Crippen molar-refractivity contribution in [3.8, 4) is 11.5 Å². The third kappa shape index (κ3) is 4.95. The third-order valence-corrected chi connectivity index (χ3v) is 5.27. The number of hydrogen-bond acceptors (Lipinski definition) is 5. The lowest BCUT2D eigenvalue weighted by atomic mass is 10.0. The van der Waals surface area contributed by atoms with Crippen molar-refractivity contribution in [1.82, 2.24) is 5.32 Å². The van der Waals surface area contributed by atoms with Crippen LogP contribution in [-0.2, 0) is 9.59 Å². The number of thiocarbonyl (C=S) groups is 1. The Morgan fingerprint density at radius 1 is 1.19 bits per heavy atom. The summed E-state index contributed by atoms with van der Waals surface area (Å²) in [6.07, 6.45) is 1.37. The molecular weight excluding hydrogens is 448 g/mol. The second-order valence-corrected chi connectivity index (χ2v) is 8.47. The molecule has 8 heteroatoms. The standard InChI is InChI=1S/C24H25ClN2O4S/c1-6-30-20-12-16(11-18(25)21(20)31-13(2)3)10-17-22(28)26-24(32)27(23(17)29)19-9-14(4)7-8-15(19)5/h7-13H,6H2,1-5H3,(H,26,28,32)/b17-10+. The van der Waals surface area contributed by atoms with Crippen LogP contribution in [0.4, 0.5) is 5.69 Å². The molecule has 0 atom stereocenters. The minimum absolute atomic E-state index is 0.0413. The average Bonchev–Trinajstić information content (AvgIpc) is 2.70. The summed E-state index contributed by atoms with van der Waals surface area (Å²) >= 11 is 11.7. The maximum absolute atomic E-state index is 13.3. The zero-order chi connectivity index (χ0) is 23.6. The highest BCUT2D eigenvalue weighted by Gasteiger charge is 2.35. The first-order chi connectivity index (χ1) is 15.1. The quantitative estimate of drug-likeness (QED) is 0.365. The number of hydrogen-bond donors (Lipinski definition) is 1. The number of carbonyl (C=O) groups is 2. The summed E-state index contributed by atoms with van der Waals surface area (Å²) in [4.78, 5) is 27.3. The number of ether oxygens (including phenoxy) is 2. The van der Waals surface area contributed by atoms with E-state index >= 15 is 0 Å². The molecule has 0 spiro atoms. The van der Waals surface area contributed by atoms with Gasteiger partial charge < -0.3 is 9.47 Å². The van der Waals surface area contributed by atoms with Gasteiger partial charge in [-0.15, -0.1) is 0 Å². The Hall–Kier alpha value is -2.90. The number of benzene rings is 2. The predicted octanol–water partition coefficient (Wildman–Crippen LogP) is 4.97. The van der Waals surface area contributed by atoms with E-state index < -0.39 is 11.8 Å². The summed E-state index contributed by atoms with van der Waals surface area (Å²) in [5.41, 5.74) is 2.92. The molecule has 2 aromatic rings. The molecule has 1 aliphatic rings. The first kappa shape index (κ1) is 23.8. The zero-order valence-electron chi connectivity index (χ0n) is 18.6. The van der Waals surface area contributed by atoms with E-state index in [9.17, 15) is 9.59 Å². The number of aryl methyl sites for hydroxylation is 2. The number of halogens is 1. The molecule has 1 heterocycles. The number of amides is 2. The lowest BCUT2D eigenvalue weighted by molar-refractivity contribution is -0.122. The maximum Gasteiger partial charge on any atom is 0.270 e. The fraction of sp³-hybridized carbons (Fsp3) is 0.292. The van der Waals surface area contributed by atoms with Gasteiger partial charge in [0.25, 0.3) is 11.8 Å². The Labute approximate surface area is 198 Å². The molecule has 1 N–H and O–H groups in total. The Morgan fingerprint density at radius 2 is 1.91 bits per heavy atom. The van der Waals surface area contributed by atoms with Gasteiger partial charge in [0.15, 0.2) is 16.6 Å². The minimum Gasteiger partial charge on any atom is -0.490 e. The monoisotopic (exact) mass is 472 g/mol. The van der Waals surface area contributed by atoms with Crippen LogP contribution in [0.3, 0.4) is 0 Å². The fourth-order valence-corrected chi connectivity index (χ4v) is 3.83. The number of nitrogens with zero attached hydrogens (tertiary/aromatic N) is 1. The molecule has 0 radical (unpaired) electrons. The van der Waals surface area contributed by atoms with Gasteiger partial charge in [-0.25, -0.2) is 0 Å². The maximum atomic E-state index is 13.3. The van der Waals surface area contributed by atoms with Gasteiger partial charge in [0, 0.05) is 0 Å². The van der Waals surface area contributed by atoms with Crippen molar-refractivity contribution in [2.75, 3.05) is 11.5 Å². The molecule has 1 saturated heterocycles. The van der Waals surface area contributed by atoms with Crippen LogP contribution in [0.15, 0.2) is 35.9 Å². The molecule has 0 bridgehead atoms. The van der Waals surface area contributed by atoms with E-state index in [4.69, 9.17) is 33.3 Å². The fourth-order valence-electron chi connectivity index (χ4n) is 3.29. The smallest absolute Gasteiger partial charge is 0.270 e. The zero-order valence-corrected chi connectivity index (χ0v) is 20.2. The Morgan fingerprint density at radius 3 is 2.56 bits per heavy atom. The normalized spacial score (nSPS) is 15.4. The van der Waals surface area contributed by atoms with E-state index in [2.05, 4.69) is 5.32 Å². The second kappa shape index (κ2) is 9.71. The van der Waals surface area contributed by atoms with Gasteiger partial charge in [-0.3, -0.25) is 19.8 Å². The molecular formula is C24H25ClN2O4S. The SMILES string of the molecule is CCOc1cc(/C=C2\C(=O)NC(=S)N(c3cc(C)ccc3C)C2=O)cc(Cl)c1OC(C)C. The van der Waals surface area contributed by atoms with Crippen molar-refractivity contribution >= 4 is 52.5 Å². The van der Waals surface area contributed by atoms with Crippen molar-refractivity contribution in [1.29, 1.82) is 0 Å². The molecule has 0 saturated carbocycles. The van der Waals surface area contributed by atoms with Crippen molar-refractivity contribution in [2.45, 2.75) is 40.7 Å². The van der Waals surface area contributed by atoms with Crippen LogP contribution in [0, 0.1) is 13.8 Å². The van der Waals surface area contributed by atoms with E-state index in [1.807, 2.05) is 52.8 Å². The Kier molecular flexibility index (Phi) is 7.21. The summed E-state index contributed by atoms with van der Waals surface area (Å²) in [7, 11) is 0. The first-order valence-corrected chi connectivity index (χ1v) is 11.0. The molecule has 2 amide bonds. The molecule has 1 aliphatic heterocycles. The number of carbonyl (C=O) groups excluding carboxylic acids is 2. The molecule has 0 aliphatic carbocycles. The van der Waals surface area contributed by atoms with Crippen molar-refractivity contribution in [3.05, 3.63) is 57.6 Å². The second-order valence-electron chi connectivity index (χ2n) is 7.68. The van der Waals surface area contributed by atoms with Crippen LogP contribution in [0.5, 0.6) is 11.5 Å². The molecule has 3 rings (SSSR count). The highest BCUT2D eigenvalue weighted by atomic mass is 35.5. The molecule has 1 fully saturated rings. The lowest BCUT2D eigenvalue weighted by Crippen LogP contribution is -2.54. The van der Waals surface area contributed by atoms with Gasteiger partial charge in [0.2, 0.25) is 0 Å². The van der Waals surface area contributed by atoms with Gasteiger partial charge in [-0.2, -0.15) is 0 Å².